The first-order chi connectivity index (χ1) is 15.0. The van der Waals surface area contributed by atoms with Gasteiger partial charge >= 0.3 is 0 Å². The lowest BCUT2D eigenvalue weighted by Gasteiger charge is -2.27. The molecule has 1 aliphatic heterocycles. The first-order valence-electron chi connectivity index (χ1n) is 9.76. The Morgan fingerprint density at radius 2 is 1.90 bits per heavy atom. The van der Waals surface area contributed by atoms with Crippen molar-refractivity contribution in [3.8, 4) is 6.07 Å². The third-order valence-electron chi connectivity index (χ3n) is 5.05. The van der Waals surface area contributed by atoms with Crippen molar-refractivity contribution >= 4 is 41.0 Å². The first kappa shape index (κ1) is 20.0. The maximum absolute atomic E-state index is 12.2. The molecule has 2 heterocycles. The predicted molar refractivity (Wildman–Crippen MR) is 118 cm³/mol. The van der Waals surface area contributed by atoms with Gasteiger partial charge in [0, 0.05) is 29.9 Å². The van der Waals surface area contributed by atoms with Gasteiger partial charge in [0.15, 0.2) is 5.82 Å². The first-order valence-corrected chi connectivity index (χ1v) is 9.76. The van der Waals surface area contributed by atoms with Gasteiger partial charge in [-0.25, -0.2) is 4.98 Å². The number of anilines is 5. The number of fused-ring (bicyclic) bond motifs is 1. The van der Waals surface area contributed by atoms with E-state index in [-0.39, 0.29) is 5.91 Å². The van der Waals surface area contributed by atoms with Crippen LogP contribution >= 0.6 is 0 Å². The molecule has 2 aromatic carbocycles. The van der Waals surface area contributed by atoms with E-state index in [4.69, 9.17) is 5.26 Å². The number of nitrogens with one attached hydrogen (secondary N) is 2. The van der Waals surface area contributed by atoms with Crippen molar-refractivity contribution in [3.05, 3.63) is 64.8 Å². The number of aryl methyl sites for hydroxylation is 2. The fourth-order valence-electron chi connectivity index (χ4n) is 3.72. The summed E-state index contributed by atoms with van der Waals surface area (Å²) in [5.74, 6) is 0.825. The number of nitriles is 1. The highest BCUT2D eigenvalue weighted by molar-refractivity contribution is 5.97. The maximum Gasteiger partial charge on any atom is 0.229 e. The van der Waals surface area contributed by atoms with Gasteiger partial charge in [0.25, 0.3) is 0 Å². The number of nitrogens with zero attached hydrogens (tertiary/aromatic N) is 4. The summed E-state index contributed by atoms with van der Waals surface area (Å²) in [5.41, 5.74) is 5.18. The van der Waals surface area contributed by atoms with Gasteiger partial charge in [-0.3, -0.25) is 9.59 Å². The second-order valence-corrected chi connectivity index (χ2v) is 7.32. The monoisotopic (exact) mass is 412 g/mol. The lowest BCUT2D eigenvalue weighted by atomic mass is 10.0. The van der Waals surface area contributed by atoms with Crippen LogP contribution in [0, 0.1) is 25.2 Å². The molecular weight excluding hydrogens is 392 g/mol. The Labute approximate surface area is 179 Å². The number of rotatable bonds is 4. The van der Waals surface area contributed by atoms with Gasteiger partial charge in [-0.15, -0.1) is 0 Å². The second-order valence-electron chi connectivity index (χ2n) is 7.32. The molecule has 31 heavy (non-hydrogen) atoms. The normalized spacial score (nSPS) is 12.9. The van der Waals surface area contributed by atoms with Gasteiger partial charge in [0.1, 0.15) is 12.0 Å². The third-order valence-corrected chi connectivity index (χ3v) is 5.05. The summed E-state index contributed by atoms with van der Waals surface area (Å²) in [5, 5.41) is 15.0. The molecule has 0 unspecified atom stereocenters. The minimum Gasteiger partial charge on any atom is -0.324 e. The Bertz CT molecular complexity index is 1190. The molecule has 0 radical (unpaired) electrons. The van der Waals surface area contributed by atoms with Crippen LogP contribution in [0.1, 0.15) is 33.5 Å². The fraction of sp³-hybridized carbons (Fsp3) is 0.174. The topological polar surface area (TPSA) is 111 Å². The van der Waals surface area contributed by atoms with E-state index in [2.05, 4.69) is 26.7 Å². The van der Waals surface area contributed by atoms with Crippen LogP contribution in [0.2, 0.25) is 0 Å². The second kappa shape index (κ2) is 8.24. The van der Waals surface area contributed by atoms with E-state index in [1.165, 1.54) is 0 Å². The standard InChI is InChI=1S/C23H20N6O2/c1-14-9-17(13-30)10-15(2)21(14)29-8-7-20(31)27-19-12-25-23(28-22(19)29)26-18-5-3-16(11-24)4-6-18/h3-6,9-10,12-13H,7-8H2,1-2H3,(H,27,31)(H,25,26,28). The van der Waals surface area contributed by atoms with Gasteiger partial charge in [-0.2, -0.15) is 10.2 Å². The van der Waals surface area contributed by atoms with Crippen LogP contribution in [-0.2, 0) is 4.79 Å². The Morgan fingerprint density at radius 1 is 1.19 bits per heavy atom. The molecule has 8 nitrogen and oxygen atoms in total. The number of hydrogen-bond acceptors (Lipinski definition) is 7. The molecule has 1 aromatic heterocycles. The average Bonchev–Trinajstić information content (AvgIpc) is 2.92. The molecule has 0 saturated heterocycles. The van der Waals surface area contributed by atoms with E-state index < -0.39 is 0 Å². The summed E-state index contributed by atoms with van der Waals surface area (Å²) in [6, 6.07) is 12.7. The van der Waals surface area contributed by atoms with Crippen LogP contribution in [0.15, 0.2) is 42.6 Å². The molecule has 8 heteroatoms. The zero-order valence-electron chi connectivity index (χ0n) is 17.1. The highest BCUT2D eigenvalue weighted by atomic mass is 16.1. The van der Waals surface area contributed by atoms with Crippen molar-refractivity contribution in [1.29, 1.82) is 5.26 Å². The van der Waals surface area contributed by atoms with Crippen molar-refractivity contribution in [2.24, 2.45) is 0 Å². The van der Waals surface area contributed by atoms with Crippen LogP contribution in [0.5, 0.6) is 0 Å². The van der Waals surface area contributed by atoms with Crippen LogP contribution in [-0.4, -0.2) is 28.7 Å². The Morgan fingerprint density at radius 3 is 2.55 bits per heavy atom. The van der Waals surface area contributed by atoms with Crippen LogP contribution < -0.4 is 15.5 Å². The highest BCUT2D eigenvalue weighted by Crippen LogP contribution is 2.37. The predicted octanol–water partition coefficient (Wildman–Crippen LogP) is 4.00. The number of aldehydes is 1. The molecule has 0 spiro atoms. The fourth-order valence-corrected chi connectivity index (χ4v) is 3.72. The molecule has 154 valence electrons. The zero-order chi connectivity index (χ0) is 22.0. The number of amides is 1. The molecule has 4 rings (SSSR count). The molecule has 0 aliphatic carbocycles. The van der Waals surface area contributed by atoms with Crippen molar-refractivity contribution < 1.29 is 9.59 Å². The summed E-state index contributed by atoms with van der Waals surface area (Å²) in [6.45, 7) is 4.31. The van der Waals surface area contributed by atoms with E-state index in [1.807, 2.05) is 30.9 Å². The largest absolute Gasteiger partial charge is 0.324 e. The van der Waals surface area contributed by atoms with Crippen LogP contribution in [0.4, 0.5) is 28.8 Å². The summed E-state index contributed by atoms with van der Waals surface area (Å²) < 4.78 is 0. The summed E-state index contributed by atoms with van der Waals surface area (Å²) in [4.78, 5) is 34.5. The Balaban J connectivity index is 1.76. The van der Waals surface area contributed by atoms with Gasteiger partial charge in [0.2, 0.25) is 11.9 Å². The SMILES string of the molecule is Cc1cc(C=O)cc(C)c1N1CCC(=O)Nc2cnc(Nc3ccc(C#N)cc3)nc21. The van der Waals surface area contributed by atoms with E-state index in [0.29, 0.717) is 41.5 Å². The van der Waals surface area contributed by atoms with Gasteiger partial charge < -0.3 is 15.5 Å². The molecule has 1 aliphatic rings. The summed E-state index contributed by atoms with van der Waals surface area (Å²) >= 11 is 0. The Hall–Kier alpha value is -4.25. The van der Waals surface area contributed by atoms with E-state index >= 15 is 0 Å². The van der Waals surface area contributed by atoms with E-state index in [9.17, 15) is 9.59 Å². The number of carbonyl (C=O) groups excluding carboxylic acids is 2. The number of benzene rings is 2. The van der Waals surface area contributed by atoms with Crippen molar-refractivity contribution in [1.82, 2.24) is 9.97 Å². The number of hydrogen-bond donors (Lipinski definition) is 2. The lowest BCUT2D eigenvalue weighted by molar-refractivity contribution is -0.115. The molecule has 2 N–H and O–H groups in total. The molecule has 1 amide bonds. The quantitative estimate of drug-likeness (QED) is 0.623. The van der Waals surface area contributed by atoms with Crippen molar-refractivity contribution in [2.45, 2.75) is 20.3 Å². The molecule has 3 aromatic rings. The van der Waals surface area contributed by atoms with Crippen LogP contribution in [0.3, 0.4) is 0 Å². The minimum atomic E-state index is -0.111. The van der Waals surface area contributed by atoms with E-state index in [0.717, 1.165) is 28.8 Å². The zero-order valence-corrected chi connectivity index (χ0v) is 17.1. The molecular formula is C23H20N6O2. The lowest BCUT2D eigenvalue weighted by Crippen LogP contribution is -2.22. The highest BCUT2D eigenvalue weighted by Gasteiger charge is 2.25. The number of aromatic nitrogens is 2. The molecule has 0 bridgehead atoms. The average molecular weight is 412 g/mol. The van der Waals surface area contributed by atoms with Gasteiger partial charge in [0.05, 0.1) is 17.8 Å². The van der Waals surface area contributed by atoms with Crippen LogP contribution in [0.25, 0.3) is 0 Å². The van der Waals surface area contributed by atoms with Crippen molar-refractivity contribution in [2.75, 3.05) is 22.1 Å². The van der Waals surface area contributed by atoms with Gasteiger partial charge in [-0.05, 0) is 61.4 Å². The molecule has 0 saturated carbocycles. The maximum atomic E-state index is 12.2. The number of carbonyl (C=O) groups is 2. The summed E-state index contributed by atoms with van der Waals surface area (Å²) in [7, 11) is 0. The molecule has 0 atom stereocenters. The minimum absolute atomic E-state index is 0.111. The smallest absolute Gasteiger partial charge is 0.229 e. The van der Waals surface area contributed by atoms with E-state index in [1.54, 1.807) is 30.5 Å². The molecule has 0 fully saturated rings. The van der Waals surface area contributed by atoms with Crippen molar-refractivity contribution in [3.63, 3.8) is 0 Å². The summed E-state index contributed by atoms with van der Waals surface area (Å²) in [6.07, 6.45) is 2.70. The van der Waals surface area contributed by atoms with Gasteiger partial charge in [-0.1, -0.05) is 0 Å². The third kappa shape index (κ3) is 4.07. The Kier molecular flexibility index (Phi) is 5.33.